The minimum absolute atomic E-state index is 0.0276. The molecule has 5 heteroatoms. The van der Waals surface area contributed by atoms with Crippen LogP contribution in [0.3, 0.4) is 0 Å². The first kappa shape index (κ1) is 14.5. The second-order valence-electron chi connectivity index (χ2n) is 4.86. The molecule has 0 spiro atoms. The van der Waals surface area contributed by atoms with Crippen molar-refractivity contribution >= 4 is 27.5 Å². The number of amides is 1. The molecular weight excluding hydrogens is 306 g/mol. The van der Waals surface area contributed by atoms with Gasteiger partial charge in [-0.25, -0.2) is 0 Å². The van der Waals surface area contributed by atoms with Crippen molar-refractivity contribution in [3.05, 3.63) is 28.7 Å². The first-order valence-corrected chi connectivity index (χ1v) is 7.34. The molecule has 0 radical (unpaired) electrons. The van der Waals surface area contributed by atoms with Gasteiger partial charge in [-0.15, -0.1) is 0 Å². The van der Waals surface area contributed by atoms with Gasteiger partial charge in [0.1, 0.15) is 0 Å². The molecule has 1 aromatic carbocycles. The molecule has 0 aliphatic carbocycles. The fourth-order valence-corrected chi connectivity index (χ4v) is 2.80. The summed E-state index contributed by atoms with van der Waals surface area (Å²) in [5.41, 5.74) is 0.974. The van der Waals surface area contributed by atoms with Gasteiger partial charge >= 0.3 is 0 Å². The fourth-order valence-electron chi connectivity index (χ4n) is 2.42. The Morgan fingerprint density at radius 2 is 2.21 bits per heavy atom. The van der Waals surface area contributed by atoms with Crippen LogP contribution in [0.2, 0.25) is 0 Å². The lowest BCUT2D eigenvalue weighted by Crippen LogP contribution is -2.56. The van der Waals surface area contributed by atoms with Crippen LogP contribution in [0.25, 0.3) is 0 Å². The van der Waals surface area contributed by atoms with Gasteiger partial charge in [-0.1, -0.05) is 22.0 Å². The number of anilines is 1. The van der Waals surface area contributed by atoms with E-state index in [1.165, 1.54) is 0 Å². The van der Waals surface area contributed by atoms with E-state index in [2.05, 4.69) is 26.1 Å². The Hall–Kier alpha value is -0.910. The topological polar surface area (TPSA) is 35.6 Å². The second-order valence-corrected chi connectivity index (χ2v) is 5.77. The summed E-state index contributed by atoms with van der Waals surface area (Å²) in [6.45, 7) is 2.52. The van der Waals surface area contributed by atoms with Crippen molar-refractivity contribution in [2.45, 2.75) is 12.5 Å². The third kappa shape index (κ3) is 3.35. The minimum atomic E-state index is -0.0276. The van der Waals surface area contributed by atoms with E-state index in [9.17, 15) is 4.79 Å². The van der Waals surface area contributed by atoms with Gasteiger partial charge in [0, 0.05) is 23.2 Å². The second kappa shape index (κ2) is 6.50. The van der Waals surface area contributed by atoms with Crippen molar-refractivity contribution in [2.75, 3.05) is 38.6 Å². The number of carbonyl (C=O) groups is 1. The molecule has 0 saturated carbocycles. The van der Waals surface area contributed by atoms with Gasteiger partial charge in [0.05, 0.1) is 6.04 Å². The van der Waals surface area contributed by atoms with Gasteiger partial charge in [0.2, 0.25) is 5.91 Å². The van der Waals surface area contributed by atoms with E-state index in [-0.39, 0.29) is 11.9 Å². The SMILES string of the molecule is CNCCC1C(=O)N(c2cccc(Br)c2)CCN1C. The Morgan fingerprint density at radius 1 is 1.42 bits per heavy atom. The van der Waals surface area contributed by atoms with Crippen molar-refractivity contribution in [2.24, 2.45) is 0 Å². The zero-order valence-electron chi connectivity index (χ0n) is 11.4. The Labute approximate surface area is 122 Å². The van der Waals surface area contributed by atoms with Crippen LogP contribution < -0.4 is 10.2 Å². The Bertz CT molecular complexity index is 452. The lowest BCUT2D eigenvalue weighted by molar-refractivity contribution is -0.125. The first-order chi connectivity index (χ1) is 9.13. The van der Waals surface area contributed by atoms with Crippen LogP contribution in [0, 0.1) is 0 Å². The molecule has 1 atom stereocenters. The largest absolute Gasteiger partial charge is 0.320 e. The van der Waals surface area contributed by atoms with Crippen molar-refractivity contribution < 1.29 is 4.79 Å². The molecule has 0 bridgehead atoms. The normalized spacial score (nSPS) is 20.9. The number of nitrogens with zero attached hydrogens (tertiary/aromatic N) is 2. The van der Waals surface area contributed by atoms with E-state index in [4.69, 9.17) is 0 Å². The number of likely N-dealkylation sites (N-methyl/N-ethyl adjacent to an activating group) is 1. The summed E-state index contributed by atoms with van der Waals surface area (Å²) < 4.78 is 1.00. The van der Waals surface area contributed by atoms with Crippen molar-refractivity contribution in [3.63, 3.8) is 0 Å². The number of nitrogens with one attached hydrogen (secondary N) is 1. The van der Waals surface area contributed by atoms with Crippen molar-refractivity contribution in [3.8, 4) is 0 Å². The fraction of sp³-hybridized carbons (Fsp3) is 0.500. The van der Waals surface area contributed by atoms with Crippen LogP contribution in [0.4, 0.5) is 5.69 Å². The molecule has 4 nitrogen and oxygen atoms in total. The highest BCUT2D eigenvalue weighted by Crippen LogP contribution is 2.24. The number of hydrogen-bond donors (Lipinski definition) is 1. The van der Waals surface area contributed by atoms with Gasteiger partial charge in [-0.3, -0.25) is 9.69 Å². The third-order valence-electron chi connectivity index (χ3n) is 3.55. The van der Waals surface area contributed by atoms with Crippen LogP contribution in [0.5, 0.6) is 0 Å². The Balaban J connectivity index is 2.16. The zero-order chi connectivity index (χ0) is 13.8. The number of benzene rings is 1. The van der Waals surface area contributed by atoms with Gasteiger partial charge in [0.15, 0.2) is 0 Å². The van der Waals surface area contributed by atoms with Crippen LogP contribution in [0.1, 0.15) is 6.42 Å². The predicted octanol–water partition coefficient (Wildman–Crippen LogP) is 1.71. The van der Waals surface area contributed by atoms with Crippen LogP contribution in [-0.2, 0) is 4.79 Å². The summed E-state index contributed by atoms with van der Waals surface area (Å²) in [6, 6.07) is 7.90. The Kier molecular flexibility index (Phi) is 4.96. The minimum Gasteiger partial charge on any atom is -0.320 e. The molecule has 19 heavy (non-hydrogen) atoms. The summed E-state index contributed by atoms with van der Waals surface area (Å²) in [4.78, 5) is 16.6. The molecule has 1 unspecified atom stereocenters. The lowest BCUT2D eigenvalue weighted by atomic mass is 10.1. The number of hydrogen-bond acceptors (Lipinski definition) is 3. The quantitative estimate of drug-likeness (QED) is 0.915. The highest BCUT2D eigenvalue weighted by molar-refractivity contribution is 9.10. The molecule has 1 heterocycles. The molecular formula is C14H20BrN3O. The predicted molar refractivity (Wildman–Crippen MR) is 81.5 cm³/mol. The van der Waals surface area contributed by atoms with E-state index in [1.807, 2.05) is 43.3 Å². The maximum Gasteiger partial charge on any atom is 0.244 e. The molecule has 1 aromatic rings. The number of carbonyl (C=O) groups excluding carboxylic acids is 1. The summed E-state index contributed by atoms with van der Waals surface area (Å²) in [7, 11) is 3.94. The van der Waals surface area contributed by atoms with Gasteiger partial charge in [0.25, 0.3) is 0 Å². The maximum atomic E-state index is 12.6. The highest BCUT2D eigenvalue weighted by atomic mass is 79.9. The van der Waals surface area contributed by atoms with Crippen LogP contribution >= 0.6 is 15.9 Å². The zero-order valence-corrected chi connectivity index (χ0v) is 13.0. The average Bonchev–Trinajstić information content (AvgIpc) is 2.38. The molecule has 1 aliphatic rings. The summed E-state index contributed by atoms with van der Waals surface area (Å²) in [5.74, 6) is 0.196. The lowest BCUT2D eigenvalue weighted by Gasteiger charge is -2.38. The van der Waals surface area contributed by atoms with Crippen LogP contribution in [0.15, 0.2) is 28.7 Å². The maximum absolute atomic E-state index is 12.6. The molecule has 1 saturated heterocycles. The summed E-state index contributed by atoms with van der Waals surface area (Å²) in [5, 5.41) is 3.11. The van der Waals surface area contributed by atoms with E-state index >= 15 is 0 Å². The molecule has 1 fully saturated rings. The molecule has 1 N–H and O–H groups in total. The van der Waals surface area contributed by atoms with Crippen molar-refractivity contribution in [1.29, 1.82) is 0 Å². The number of halogens is 1. The summed E-state index contributed by atoms with van der Waals surface area (Å²) >= 11 is 3.46. The summed E-state index contributed by atoms with van der Waals surface area (Å²) in [6.07, 6.45) is 0.844. The van der Waals surface area contributed by atoms with Gasteiger partial charge in [-0.2, -0.15) is 0 Å². The van der Waals surface area contributed by atoms with E-state index in [0.717, 1.165) is 36.2 Å². The van der Waals surface area contributed by atoms with E-state index in [1.54, 1.807) is 0 Å². The number of piperazine rings is 1. The molecule has 0 aromatic heterocycles. The number of rotatable bonds is 4. The third-order valence-corrected chi connectivity index (χ3v) is 4.04. The first-order valence-electron chi connectivity index (χ1n) is 6.55. The van der Waals surface area contributed by atoms with Gasteiger partial charge < -0.3 is 10.2 Å². The molecule has 1 amide bonds. The van der Waals surface area contributed by atoms with E-state index < -0.39 is 0 Å². The smallest absolute Gasteiger partial charge is 0.244 e. The van der Waals surface area contributed by atoms with E-state index in [0.29, 0.717) is 0 Å². The monoisotopic (exact) mass is 325 g/mol. The average molecular weight is 326 g/mol. The molecule has 104 valence electrons. The van der Waals surface area contributed by atoms with Gasteiger partial charge in [-0.05, 0) is 45.3 Å². The van der Waals surface area contributed by atoms with Crippen LogP contribution in [-0.4, -0.2) is 50.6 Å². The van der Waals surface area contributed by atoms with Crippen molar-refractivity contribution in [1.82, 2.24) is 10.2 Å². The highest BCUT2D eigenvalue weighted by Gasteiger charge is 2.32. The molecule has 2 rings (SSSR count). The standard InChI is InChI=1S/C14H20BrN3O/c1-16-7-6-13-14(19)18(9-8-17(13)2)12-5-3-4-11(15)10-12/h3-5,10,13,16H,6-9H2,1-2H3. The molecule has 1 aliphatic heterocycles. The Morgan fingerprint density at radius 3 is 2.89 bits per heavy atom.